The normalized spacial score (nSPS) is 16.1. The summed E-state index contributed by atoms with van der Waals surface area (Å²) in [4.78, 5) is 17.0. The maximum atomic E-state index is 11.7. The Balaban J connectivity index is 1.66. The van der Waals surface area contributed by atoms with Gasteiger partial charge in [-0.05, 0) is 41.6 Å². The van der Waals surface area contributed by atoms with Crippen molar-refractivity contribution in [2.45, 2.75) is 12.8 Å². The Morgan fingerprint density at radius 2 is 2.00 bits per heavy atom. The zero-order chi connectivity index (χ0) is 14.7. The minimum atomic E-state index is -0.380. The van der Waals surface area contributed by atoms with Crippen LogP contribution in [0.4, 0.5) is 0 Å². The van der Waals surface area contributed by atoms with Crippen LogP contribution in [0.3, 0.4) is 0 Å². The molecule has 0 N–H and O–H groups in total. The molecule has 1 aliphatic heterocycles. The molecule has 3 rings (SSSR count). The summed E-state index contributed by atoms with van der Waals surface area (Å²) in [6, 6.07) is 11.5. The number of benzene rings is 1. The van der Waals surface area contributed by atoms with Crippen LogP contribution in [0, 0.1) is 0 Å². The van der Waals surface area contributed by atoms with Gasteiger partial charge >= 0.3 is 5.97 Å². The lowest BCUT2D eigenvalue weighted by atomic mass is 10.1. The van der Waals surface area contributed by atoms with Gasteiger partial charge in [0.15, 0.2) is 11.6 Å². The highest BCUT2D eigenvalue weighted by Crippen LogP contribution is 2.20. The lowest BCUT2D eigenvalue weighted by molar-refractivity contribution is -0.130. The first-order valence-electron chi connectivity index (χ1n) is 6.50. The molecule has 2 heterocycles. The first-order chi connectivity index (χ1) is 10.2. The van der Waals surface area contributed by atoms with Gasteiger partial charge in [0.05, 0.1) is 0 Å². The molecule has 0 unspecified atom stereocenters. The molecule has 0 radical (unpaired) electrons. The number of nitrogens with zero attached hydrogens (tertiary/aromatic N) is 1. The van der Waals surface area contributed by atoms with E-state index >= 15 is 0 Å². The zero-order valence-corrected chi connectivity index (χ0v) is 12.7. The number of hydrogen-bond acceptors (Lipinski definition) is 4. The van der Waals surface area contributed by atoms with Crippen LogP contribution in [0.15, 0.2) is 52.5 Å². The second-order valence-electron chi connectivity index (χ2n) is 4.57. The number of carbonyl (C=O) groups is 1. The van der Waals surface area contributed by atoms with Crippen LogP contribution in [-0.4, -0.2) is 11.9 Å². The molecule has 0 amide bonds. The van der Waals surface area contributed by atoms with E-state index in [1.807, 2.05) is 41.8 Å². The van der Waals surface area contributed by atoms with Gasteiger partial charge in [-0.1, -0.05) is 29.8 Å². The number of halogens is 1. The van der Waals surface area contributed by atoms with E-state index in [-0.39, 0.29) is 5.97 Å². The molecule has 0 fully saturated rings. The minimum absolute atomic E-state index is 0.364. The number of carbonyl (C=O) groups excluding carboxylic acids is 1. The van der Waals surface area contributed by atoms with Gasteiger partial charge in [0.25, 0.3) is 0 Å². The van der Waals surface area contributed by atoms with Crippen molar-refractivity contribution in [3.8, 4) is 0 Å². The third-order valence-electron chi connectivity index (χ3n) is 3.03. The number of hydrogen-bond donors (Lipinski definition) is 0. The van der Waals surface area contributed by atoms with E-state index in [1.54, 1.807) is 17.4 Å². The van der Waals surface area contributed by atoms with Crippen molar-refractivity contribution in [3.63, 3.8) is 0 Å². The van der Waals surface area contributed by atoms with E-state index < -0.39 is 0 Å². The molecule has 1 aromatic carbocycles. The highest BCUT2D eigenvalue weighted by Gasteiger charge is 2.22. The predicted molar refractivity (Wildman–Crippen MR) is 85.6 cm³/mol. The maximum absolute atomic E-state index is 11.7. The molecular weight excluding hydrogens is 306 g/mol. The summed E-state index contributed by atoms with van der Waals surface area (Å²) in [5.74, 6) is 0.0901. The summed E-state index contributed by atoms with van der Waals surface area (Å²) in [5.41, 5.74) is 1.50. The molecule has 5 heteroatoms. The molecule has 21 heavy (non-hydrogen) atoms. The molecule has 3 nitrogen and oxygen atoms in total. The summed E-state index contributed by atoms with van der Waals surface area (Å²) >= 11 is 7.40. The van der Waals surface area contributed by atoms with Gasteiger partial charge in [-0.25, -0.2) is 9.79 Å². The molecule has 0 atom stereocenters. The summed E-state index contributed by atoms with van der Waals surface area (Å²) in [6.07, 6.45) is 3.10. The number of thiophene rings is 1. The number of rotatable bonds is 4. The highest BCUT2D eigenvalue weighted by molar-refractivity contribution is 7.10. The smallest absolute Gasteiger partial charge is 0.363 e. The highest BCUT2D eigenvalue weighted by atomic mass is 35.5. The molecule has 1 aliphatic rings. The van der Waals surface area contributed by atoms with Crippen molar-refractivity contribution in [2.75, 3.05) is 0 Å². The molecule has 0 aliphatic carbocycles. The van der Waals surface area contributed by atoms with Crippen molar-refractivity contribution < 1.29 is 9.53 Å². The molecular formula is C16H12ClNO2S. The van der Waals surface area contributed by atoms with Crippen LogP contribution in [0.5, 0.6) is 0 Å². The first kappa shape index (κ1) is 14.0. The third kappa shape index (κ3) is 3.60. The quantitative estimate of drug-likeness (QED) is 0.622. The Hall–Kier alpha value is -1.91. The van der Waals surface area contributed by atoms with Gasteiger partial charge in [0, 0.05) is 16.3 Å². The predicted octanol–water partition coefficient (Wildman–Crippen LogP) is 4.33. The fraction of sp³-hybridized carbons (Fsp3) is 0.125. The van der Waals surface area contributed by atoms with Crippen LogP contribution in [0.2, 0.25) is 5.02 Å². The lowest BCUT2D eigenvalue weighted by Crippen LogP contribution is -2.05. The van der Waals surface area contributed by atoms with Crippen molar-refractivity contribution in [1.82, 2.24) is 0 Å². The molecule has 1 aromatic heterocycles. The Morgan fingerprint density at radius 3 is 2.71 bits per heavy atom. The second kappa shape index (κ2) is 6.24. The fourth-order valence-corrected chi connectivity index (χ4v) is 2.75. The van der Waals surface area contributed by atoms with Crippen LogP contribution in [0.1, 0.15) is 16.9 Å². The molecule has 0 spiro atoms. The van der Waals surface area contributed by atoms with Crippen LogP contribution >= 0.6 is 22.9 Å². The van der Waals surface area contributed by atoms with E-state index in [1.165, 1.54) is 0 Å². The van der Waals surface area contributed by atoms with Crippen molar-refractivity contribution in [3.05, 3.63) is 62.9 Å². The molecule has 2 aromatic rings. The molecule has 0 saturated heterocycles. The number of aliphatic imine (C=N–C) groups is 1. The standard InChI is InChI=1S/C16H12ClNO2S/c17-12-6-3-11(4-7-12)5-8-15-18-14(16(19)20-15)10-13-2-1-9-21-13/h1-4,6-7,9-10H,5,8H2/b14-10+. The Morgan fingerprint density at radius 1 is 1.19 bits per heavy atom. The van der Waals surface area contributed by atoms with Gasteiger partial charge in [0.2, 0.25) is 0 Å². The van der Waals surface area contributed by atoms with Crippen LogP contribution in [-0.2, 0) is 16.0 Å². The number of cyclic esters (lactones) is 1. The SMILES string of the molecule is O=C1OC(CCc2ccc(Cl)cc2)=N/C1=C/c1cccs1. The van der Waals surface area contributed by atoms with Gasteiger partial charge in [0.1, 0.15) is 0 Å². The van der Waals surface area contributed by atoms with Gasteiger partial charge in [-0.15, -0.1) is 11.3 Å². The summed E-state index contributed by atoms with van der Waals surface area (Å²) in [6.45, 7) is 0. The lowest BCUT2D eigenvalue weighted by Gasteiger charge is -2.00. The summed E-state index contributed by atoms with van der Waals surface area (Å²) in [7, 11) is 0. The molecule has 0 bridgehead atoms. The molecule has 106 valence electrons. The van der Waals surface area contributed by atoms with E-state index in [2.05, 4.69) is 4.99 Å². The van der Waals surface area contributed by atoms with Gasteiger partial charge < -0.3 is 4.74 Å². The van der Waals surface area contributed by atoms with E-state index in [9.17, 15) is 4.79 Å². The third-order valence-corrected chi connectivity index (χ3v) is 4.10. The van der Waals surface area contributed by atoms with E-state index in [0.29, 0.717) is 23.0 Å². The maximum Gasteiger partial charge on any atom is 0.363 e. The Labute approximate surface area is 131 Å². The Kier molecular flexibility index (Phi) is 4.18. The Bertz CT molecular complexity index is 702. The average Bonchev–Trinajstić information content (AvgIpc) is 3.10. The fourth-order valence-electron chi connectivity index (χ4n) is 1.97. The largest absolute Gasteiger partial charge is 0.407 e. The second-order valence-corrected chi connectivity index (χ2v) is 5.98. The van der Waals surface area contributed by atoms with E-state index in [0.717, 1.165) is 16.9 Å². The average molecular weight is 318 g/mol. The van der Waals surface area contributed by atoms with Crippen LogP contribution < -0.4 is 0 Å². The van der Waals surface area contributed by atoms with Crippen LogP contribution in [0.25, 0.3) is 6.08 Å². The van der Waals surface area contributed by atoms with E-state index in [4.69, 9.17) is 16.3 Å². The van der Waals surface area contributed by atoms with Crippen molar-refractivity contribution >= 4 is 40.9 Å². The number of aryl methyl sites for hydroxylation is 1. The zero-order valence-electron chi connectivity index (χ0n) is 11.1. The van der Waals surface area contributed by atoms with Gasteiger partial charge in [-0.3, -0.25) is 0 Å². The number of esters is 1. The topological polar surface area (TPSA) is 38.7 Å². The van der Waals surface area contributed by atoms with Crippen molar-refractivity contribution in [2.24, 2.45) is 4.99 Å². The summed E-state index contributed by atoms with van der Waals surface area (Å²) in [5, 5.41) is 2.67. The monoisotopic (exact) mass is 317 g/mol. The molecule has 0 saturated carbocycles. The number of ether oxygens (including phenoxy) is 1. The van der Waals surface area contributed by atoms with Crippen molar-refractivity contribution in [1.29, 1.82) is 0 Å². The minimum Gasteiger partial charge on any atom is -0.407 e. The summed E-state index contributed by atoms with van der Waals surface area (Å²) < 4.78 is 5.19. The van der Waals surface area contributed by atoms with Gasteiger partial charge in [-0.2, -0.15) is 0 Å². The first-order valence-corrected chi connectivity index (χ1v) is 7.76.